The Balaban J connectivity index is 1.66. The highest BCUT2D eigenvalue weighted by Gasteiger charge is 2.57. The Labute approximate surface area is 297 Å². The van der Waals surface area contributed by atoms with E-state index in [1.165, 1.54) is 0 Å². The first-order chi connectivity index (χ1) is 23.5. The number of hydrogen-bond donors (Lipinski definition) is 1. The van der Waals surface area contributed by atoms with E-state index in [1.54, 1.807) is 28.1 Å². The number of hydrogen-bond acceptors (Lipinski definition) is 12. The number of carbonyl (C=O) groups is 2. The van der Waals surface area contributed by atoms with Crippen molar-refractivity contribution >= 4 is 28.8 Å². The first-order valence-corrected chi connectivity index (χ1v) is 18.1. The number of fused-ring (bicyclic) bond motifs is 3. The van der Waals surface area contributed by atoms with Crippen molar-refractivity contribution in [2.45, 2.75) is 129 Å². The van der Waals surface area contributed by atoms with E-state index >= 15 is 0 Å². The molecular formula is C38H59N3O9. The first kappa shape index (κ1) is 38.6. The molecule has 4 heterocycles. The number of ketones is 1. The fourth-order valence-corrected chi connectivity index (χ4v) is 9.00. The lowest BCUT2D eigenvalue weighted by Crippen LogP contribution is -2.60. The normalized spacial score (nSPS) is 41.2. The third-order valence-corrected chi connectivity index (χ3v) is 11.9. The number of aliphatic hydroxyl groups excluding tert-OH is 1. The second-order valence-electron chi connectivity index (χ2n) is 15.5. The summed E-state index contributed by atoms with van der Waals surface area (Å²) in [6.07, 6.45) is -2.21. The maximum atomic E-state index is 14.3. The van der Waals surface area contributed by atoms with Crippen LogP contribution in [0.2, 0.25) is 0 Å². The van der Waals surface area contributed by atoms with Crippen molar-refractivity contribution in [2.75, 3.05) is 39.9 Å². The number of anilines is 1. The maximum absolute atomic E-state index is 14.3. The summed E-state index contributed by atoms with van der Waals surface area (Å²) < 4.78 is 37.8. The van der Waals surface area contributed by atoms with Crippen LogP contribution >= 0.6 is 0 Å². The number of rotatable bonds is 6. The van der Waals surface area contributed by atoms with Gasteiger partial charge in [0.2, 0.25) is 0 Å². The third kappa shape index (κ3) is 6.84. The largest absolute Gasteiger partial charge is 0.497 e. The summed E-state index contributed by atoms with van der Waals surface area (Å²) in [4.78, 5) is 37.8. The summed E-state index contributed by atoms with van der Waals surface area (Å²) in [5.41, 5.74) is 0.599. The van der Waals surface area contributed by atoms with E-state index in [4.69, 9.17) is 33.4 Å². The highest BCUT2D eigenvalue weighted by Crippen LogP contribution is 2.49. The van der Waals surface area contributed by atoms with Gasteiger partial charge in [-0.05, 0) is 79.1 Å². The molecule has 4 aliphatic rings. The number of nitrogens with zero attached hydrogens (tertiary/aromatic N) is 3. The molecule has 12 heteroatoms. The van der Waals surface area contributed by atoms with Gasteiger partial charge in [-0.2, -0.15) is 0 Å². The number of aliphatic hydroxyl groups is 1. The summed E-state index contributed by atoms with van der Waals surface area (Å²) in [5.74, 6) is -2.50. The Hall–Kier alpha value is -2.61. The van der Waals surface area contributed by atoms with Gasteiger partial charge in [-0.1, -0.05) is 27.7 Å². The average molecular weight is 702 g/mol. The average Bonchev–Trinajstić information content (AvgIpc) is 3.38. The van der Waals surface area contributed by atoms with Crippen LogP contribution in [0, 0.1) is 23.7 Å². The molecule has 13 atom stereocenters. The molecule has 1 aromatic rings. The second kappa shape index (κ2) is 14.8. The van der Waals surface area contributed by atoms with E-state index in [-0.39, 0.29) is 42.5 Å². The van der Waals surface area contributed by atoms with E-state index in [9.17, 15) is 14.7 Å². The molecule has 280 valence electrons. The molecule has 0 spiro atoms. The Bertz CT molecular complexity index is 1440. The van der Waals surface area contributed by atoms with Crippen LogP contribution in [0.25, 0.3) is 0 Å². The molecule has 2 bridgehead atoms. The molecule has 5 rings (SSSR count). The molecule has 0 aromatic heterocycles. The van der Waals surface area contributed by atoms with Crippen LogP contribution in [-0.4, -0.2) is 117 Å². The van der Waals surface area contributed by atoms with Crippen LogP contribution in [-0.2, 0) is 33.3 Å². The molecule has 0 aliphatic carbocycles. The molecule has 3 fully saturated rings. The number of cyclic esters (lactones) is 1. The highest BCUT2D eigenvalue weighted by atomic mass is 16.7. The van der Waals surface area contributed by atoms with Crippen molar-refractivity contribution in [3.63, 3.8) is 0 Å². The van der Waals surface area contributed by atoms with E-state index in [0.717, 1.165) is 17.1 Å². The quantitative estimate of drug-likeness (QED) is 0.326. The molecule has 0 unspecified atom stereocenters. The second-order valence-corrected chi connectivity index (χ2v) is 15.5. The van der Waals surface area contributed by atoms with Gasteiger partial charge in [0, 0.05) is 36.8 Å². The molecule has 0 amide bonds. The minimum Gasteiger partial charge on any atom is -0.497 e. The predicted molar refractivity (Wildman–Crippen MR) is 190 cm³/mol. The lowest BCUT2D eigenvalue weighted by Gasteiger charge is -2.47. The zero-order valence-corrected chi connectivity index (χ0v) is 32.0. The molecule has 3 saturated heterocycles. The van der Waals surface area contributed by atoms with Gasteiger partial charge >= 0.3 is 5.97 Å². The zero-order valence-electron chi connectivity index (χ0n) is 32.0. The van der Waals surface area contributed by atoms with E-state index in [1.807, 2.05) is 64.9 Å². The molecule has 1 aromatic carbocycles. The highest BCUT2D eigenvalue weighted by molar-refractivity contribution is 6.00. The number of benzene rings is 1. The van der Waals surface area contributed by atoms with Crippen LogP contribution in [0.4, 0.5) is 11.4 Å². The molecule has 4 aliphatic heterocycles. The van der Waals surface area contributed by atoms with Gasteiger partial charge in [0.1, 0.15) is 36.2 Å². The van der Waals surface area contributed by atoms with Gasteiger partial charge in [-0.15, -0.1) is 0 Å². The maximum Gasteiger partial charge on any atom is 0.316 e. The fourth-order valence-electron chi connectivity index (χ4n) is 9.00. The smallest absolute Gasteiger partial charge is 0.316 e. The lowest BCUT2D eigenvalue weighted by molar-refractivity contribution is -0.295. The topological polar surface area (TPSA) is 129 Å². The number of ether oxygens (including phenoxy) is 6. The lowest BCUT2D eigenvalue weighted by atomic mass is 9.73. The van der Waals surface area contributed by atoms with Crippen LogP contribution < -0.4 is 9.64 Å². The van der Waals surface area contributed by atoms with Crippen molar-refractivity contribution < 1.29 is 43.1 Å². The predicted octanol–water partition coefficient (Wildman–Crippen LogP) is 4.76. The Kier molecular flexibility index (Phi) is 11.4. The van der Waals surface area contributed by atoms with Crippen LogP contribution in [0.15, 0.2) is 23.2 Å². The number of likely N-dealkylation sites (N-methyl/N-ethyl adjacent to an activating group) is 1. The molecule has 0 radical (unpaired) electrons. The van der Waals surface area contributed by atoms with E-state index < -0.39 is 53.6 Å². The summed E-state index contributed by atoms with van der Waals surface area (Å²) in [5, 5.41) is 11.5. The van der Waals surface area contributed by atoms with Crippen LogP contribution in [0.3, 0.4) is 0 Å². The Morgan fingerprint density at radius 2 is 1.78 bits per heavy atom. The van der Waals surface area contributed by atoms with Gasteiger partial charge in [-0.25, -0.2) is 0 Å². The van der Waals surface area contributed by atoms with Crippen LogP contribution in [0.1, 0.15) is 74.7 Å². The standard InChI is InChI=1S/C38H59N3O9/c1-13-29-38(8)33-22(4)30(39-26-17-25(45-11)14-15-27(26)41(33)19-47-38)20(2)18-37(7,46-12)34(23(5)31(42)24(6)35(44)49-29)50-36-32(43)28(40(9)10)16-21(3)48-36/h14-15,17,20-24,28-29,32-34,36,43H,13,16,18-19H2,1-12H3/t20-,21-,22-,23+,24-,28+,29+,32-,33-,34-,36+,37+,38-/m1/s1. The van der Waals surface area contributed by atoms with Gasteiger partial charge in [-0.3, -0.25) is 14.6 Å². The van der Waals surface area contributed by atoms with Crippen molar-refractivity contribution in [1.29, 1.82) is 0 Å². The van der Waals surface area contributed by atoms with E-state index in [0.29, 0.717) is 25.0 Å². The Morgan fingerprint density at radius 3 is 2.40 bits per heavy atom. The van der Waals surface area contributed by atoms with Crippen molar-refractivity contribution in [2.24, 2.45) is 28.7 Å². The molecule has 12 nitrogen and oxygen atoms in total. The van der Waals surface area contributed by atoms with Crippen molar-refractivity contribution in [3.8, 4) is 5.75 Å². The number of esters is 1. The number of Topliss-reactive ketones (excluding diaryl/α,β-unsaturated/α-hetero) is 1. The van der Waals surface area contributed by atoms with E-state index in [2.05, 4.69) is 18.7 Å². The number of aliphatic imine (C=N–C) groups is 1. The van der Waals surface area contributed by atoms with Gasteiger partial charge < -0.3 is 43.3 Å². The summed E-state index contributed by atoms with van der Waals surface area (Å²) >= 11 is 0. The van der Waals surface area contributed by atoms with Crippen molar-refractivity contribution in [1.82, 2.24) is 4.90 Å². The summed E-state index contributed by atoms with van der Waals surface area (Å²) in [7, 11) is 7.08. The van der Waals surface area contributed by atoms with Crippen LogP contribution in [0.5, 0.6) is 5.75 Å². The van der Waals surface area contributed by atoms with Gasteiger partial charge in [0.15, 0.2) is 12.1 Å². The SMILES string of the molecule is CC[C@@H]1OC(=O)[C@H](C)C(=O)[C@H](C)[C@@H](O[C@@H]2O[C@H](C)C[C@H](N(C)C)[C@H]2O)[C@@](C)(OC)C[C@@H](C)C2=Nc3cc(OC)ccc3N3CO[C@@]1(C)[C@H]3[C@@H]2C. The first-order valence-electron chi connectivity index (χ1n) is 18.1. The van der Waals surface area contributed by atoms with Crippen molar-refractivity contribution in [3.05, 3.63) is 18.2 Å². The minimum atomic E-state index is -1.09. The molecule has 0 saturated carbocycles. The number of carbonyl (C=O) groups excluding carboxylic acids is 2. The molecule has 1 N–H and O–H groups in total. The number of methoxy groups -OCH3 is 2. The third-order valence-electron chi connectivity index (χ3n) is 11.9. The Morgan fingerprint density at radius 1 is 1.08 bits per heavy atom. The van der Waals surface area contributed by atoms with Gasteiger partial charge in [0.05, 0.1) is 42.3 Å². The minimum absolute atomic E-state index is 0.145. The monoisotopic (exact) mass is 701 g/mol. The fraction of sp³-hybridized carbons (Fsp3) is 0.763. The summed E-state index contributed by atoms with van der Waals surface area (Å²) in [6, 6.07) is 5.39. The zero-order chi connectivity index (χ0) is 36.9. The summed E-state index contributed by atoms with van der Waals surface area (Å²) in [6.45, 7) is 15.8. The molecule has 50 heavy (non-hydrogen) atoms. The van der Waals surface area contributed by atoms with Gasteiger partial charge in [0.25, 0.3) is 0 Å². The molecular weight excluding hydrogens is 642 g/mol.